The van der Waals surface area contributed by atoms with Crippen LogP contribution in [0.15, 0.2) is 30.7 Å². The first kappa shape index (κ1) is 19.8. The molecule has 30 heavy (non-hydrogen) atoms. The highest BCUT2D eigenvalue weighted by molar-refractivity contribution is 5.99. The Morgan fingerprint density at radius 1 is 1.23 bits per heavy atom. The zero-order chi connectivity index (χ0) is 21.6. The van der Waals surface area contributed by atoms with Crippen LogP contribution in [-0.4, -0.2) is 40.4 Å². The molecule has 8 nitrogen and oxygen atoms in total. The lowest BCUT2D eigenvalue weighted by Crippen LogP contribution is -2.43. The molecule has 2 aromatic heterocycles. The molecule has 2 atom stereocenters. The lowest BCUT2D eigenvalue weighted by Gasteiger charge is -2.27. The smallest absolute Gasteiger partial charge is 0.413 e. The molecule has 1 saturated heterocycles. The van der Waals surface area contributed by atoms with Crippen molar-refractivity contribution in [3.8, 4) is 11.1 Å². The standard InChI is InChI=1S/C21H22FN5O3/c1-10-8-30-9-17(10)27(21(28)29)18-4-12-3-13(14-5-25-7-16(23)11(14)2)19(22)20(24)15(12)6-26-18/h3-7,10,17H,8-9,23-24H2,1-2H3,(H,28,29)/t10-,17-/m0/s1. The predicted molar refractivity (Wildman–Crippen MR) is 113 cm³/mol. The van der Waals surface area contributed by atoms with Gasteiger partial charge in [-0.15, -0.1) is 0 Å². The summed E-state index contributed by atoms with van der Waals surface area (Å²) in [6, 6.07) is 2.86. The number of amides is 1. The van der Waals surface area contributed by atoms with Crippen LogP contribution in [0.3, 0.4) is 0 Å². The van der Waals surface area contributed by atoms with Crippen molar-refractivity contribution in [2.75, 3.05) is 29.6 Å². The number of rotatable bonds is 3. The molecule has 1 aliphatic heterocycles. The summed E-state index contributed by atoms with van der Waals surface area (Å²) in [4.78, 5) is 21.5. The van der Waals surface area contributed by atoms with E-state index in [-0.39, 0.29) is 35.6 Å². The van der Waals surface area contributed by atoms with Crippen LogP contribution >= 0.6 is 0 Å². The third-order valence-electron chi connectivity index (χ3n) is 5.64. The van der Waals surface area contributed by atoms with Crippen LogP contribution < -0.4 is 16.4 Å². The van der Waals surface area contributed by atoms with Crippen LogP contribution in [0.4, 0.5) is 26.4 Å². The molecule has 0 radical (unpaired) electrons. The predicted octanol–water partition coefficient (Wildman–Crippen LogP) is 3.43. The number of nitrogens with zero attached hydrogens (tertiary/aromatic N) is 3. The SMILES string of the molecule is Cc1c(N)cncc1-c1cc2cc(N(C(=O)O)[C@H]3COC[C@@H]3C)ncc2c(N)c1F. The van der Waals surface area contributed by atoms with Crippen molar-refractivity contribution < 1.29 is 19.0 Å². The number of nitrogens with two attached hydrogens (primary N) is 2. The number of hydrogen-bond acceptors (Lipinski definition) is 6. The average molecular weight is 411 g/mol. The van der Waals surface area contributed by atoms with Crippen LogP contribution in [0.2, 0.25) is 0 Å². The molecule has 1 amide bonds. The van der Waals surface area contributed by atoms with E-state index in [1.165, 1.54) is 23.5 Å². The van der Waals surface area contributed by atoms with E-state index in [4.69, 9.17) is 16.2 Å². The number of hydrogen-bond donors (Lipinski definition) is 3. The second-order valence-electron chi connectivity index (χ2n) is 7.55. The molecule has 3 heterocycles. The fourth-order valence-corrected chi connectivity index (χ4v) is 3.82. The Kier molecular flexibility index (Phi) is 4.90. The number of nitrogen functional groups attached to an aromatic ring is 2. The van der Waals surface area contributed by atoms with Crippen LogP contribution in [0.1, 0.15) is 12.5 Å². The zero-order valence-electron chi connectivity index (χ0n) is 16.6. The van der Waals surface area contributed by atoms with Crippen molar-refractivity contribution in [3.63, 3.8) is 0 Å². The molecular formula is C21H22FN5O3. The van der Waals surface area contributed by atoms with Gasteiger partial charge in [0.15, 0.2) is 5.82 Å². The quantitative estimate of drug-likeness (QED) is 0.563. The van der Waals surface area contributed by atoms with E-state index < -0.39 is 11.9 Å². The highest BCUT2D eigenvalue weighted by atomic mass is 19.1. The number of anilines is 3. The lowest BCUT2D eigenvalue weighted by molar-refractivity contribution is 0.181. The first-order valence-corrected chi connectivity index (χ1v) is 9.47. The molecule has 1 aromatic carbocycles. The Morgan fingerprint density at radius 2 is 2.00 bits per heavy atom. The van der Waals surface area contributed by atoms with Crippen LogP contribution in [0, 0.1) is 18.7 Å². The molecule has 4 rings (SSSR count). The molecular weight excluding hydrogens is 389 g/mol. The molecule has 156 valence electrons. The maximum atomic E-state index is 15.1. The van der Waals surface area contributed by atoms with Gasteiger partial charge in [-0.25, -0.2) is 14.2 Å². The molecule has 0 saturated carbocycles. The van der Waals surface area contributed by atoms with Crippen LogP contribution in [0.5, 0.6) is 0 Å². The molecule has 5 N–H and O–H groups in total. The van der Waals surface area contributed by atoms with Gasteiger partial charge in [0.25, 0.3) is 0 Å². The Bertz CT molecular complexity index is 1150. The molecule has 0 spiro atoms. The molecule has 0 bridgehead atoms. The minimum atomic E-state index is -1.13. The molecule has 0 aliphatic carbocycles. The van der Waals surface area contributed by atoms with E-state index in [9.17, 15) is 9.90 Å². The number of carbonyl (C=O) groups is 1. The summed E-state index contributed by atoms with van der Waals surface area (Å²) in [5.74, 6) is -0.342. The van der Waals surface area contributed by atoms with Gasteiger partial charge in [0.1, 0.15) is 5.82 Å². The van der Waals surface area contributed by atoms with Gasteiger partial charge >= 0.3 is 6.09 Å². The van der Waals surface area contributed by atoms with E-state index in [1.807, 2.05) is 6.92 Å². The van der Waals surface area contributed by atoms with Crippen molar-refractivity contribution in [1.82, 2.24) is 9.97 Å². The summed E-state index contributed by atoms with van der Waals surface area (Å²) in [5, 5.41) is 10.8. The Balaban J connectivity index is 1.89. The minimum Gasteiger partial charge on any atom is -0.465 e. The first-order chi connectivity index (χ1) is 14.3. The lowest BCUT2D eigenvalue weighted by atomic mass is 9.97. The second-order valence-corrected chi connectivity index (χ2v) is 7.55. The third kappa shape index (κ3) is 3.17. The number of carboxylic acid groups (broad SMARTS) is 1. The Hall–Kier alpha value is -3.46. The van der Waals surface area contributed by atoms with Crippen molar-refractivity contribution in [2.24, 2.45) is 5.92 Å². The third-order valence-corrected chi connectivity index (χ3v) is 5.64. The second kappa shape index (κ2) is 7.42. The monoisotopic (exact) mass is 411 g/mol. The molecule has 1 aliphatic rings. The summed E-state index contributed by atoms with van der Waals surface area (Å²) < 4.78 is 20.5. The number of pyridine rings is 2. The summed E-state index contributed by atoms with van der Waals surface area (Å²) in [6.45, 7) is 4.47. The van der Waals surface area contributed by atoms with E-state index in [1.54, 1.807) is 19.1 Å². The van der Waals surface area contributed by atoms with Gasteiger partial charge in [0, 0.05) is 34.8 Å². The Labute approximate surface area is 172 Å². The van der Waals surface area contributed by atoms with Gasteiger partial charge in [-0.1, -0.05) is 6.92 Å². The number of aromatic nitrogens is 2. The highest BCUT2D eigenvalue weighted by Crippen LogP contribution is 2.37. The molecule has 3 aromatic rings. The number of ether oxygens (including phenoxy) is 1. The van der Waals surface area contributed by atoms with Gasteiger partial charge in [-0.2, -0.15) is 0 Å². The van der Waals surface area contributed by atoms with Crippen LogP contribution in [0.25, 0.3) is 21.9 Å². The van der Waals surface area contributed by atoms with E-state index in [0.29, 0.717) is 34.2 Å². The minimum absolute atomic E-state index is 0.0217. The van der Waals surface area contributed by atoms with Gasteiger partial charge in [0.05, 0.1) is 36.8 Å². The topological polar surface area (TPSA) is 128 Å². The summed E-state index contributed by atoms with van der Waals surface area (Å²) >= 11 is 0. The van der Waals surface area contributed by atoms with E-state index in [0.717, 1.165) is 0 Å². The summed E-state index contributed by atoms with van der Waals surface area (Å²) in [7, 11) is 0. The van der Waals surface area contributed by atoms with Crippen molar-refractivity contribution >= 4 is 34.1 Å². The maximum Gasteiger partial charge on any atom is 0.413 e. The Morgan fingerprint density at radius 3 is 2.67 bits per heavy atom. The first-order valence-electron chi connectivity index (χ1n) is 9.47. The van der Waals surface area contributed by atoms with Gasteiger partial charge in [-0.05, 0) is 30.0 Å². The number of benzene rings is 1. The average Bonchev–Trinajstić information content (AvgIpc) is 3.12. The van der Waals surface area contributed by atoms with Gasteiger partial charge < -0.3 is 21.3 Å². The largest absolute Gasteiger partial charge is 0.465 e. The highest BCUT2D eigenvalue weighted by Gasteiger charge is 2.35. The fourth-order valence-electron chi connectivity index (χ4n) is 3.82. The van der Waals surface area contributed by atoms with E-state index in [2.05, 4.69) is 9.97 Å². The van der Waals surface area contributed by atoms with Gasteiger partial charge in [0.2, 0.25) is 0 Å². The summed E-state index contributed by atoms with van der Waals surface area (Å²) in [6.07, 6.45) is 3.29. The van der Waals surface area contributed by atoms with E-state index >= 15 is 4.39 Å². The fraction of sp³-hybridized carbons (Fsp3) is 0.286. The summed E-state index contributed by atoms with van der Waals surface area (Å²) in [5.41, 5.74) is 13.8. The molecule has 1 fully saturated rings. The number of fused-ring (bicyclic) bond motifs is 1. The van der Waals surface area contributed by atoms with Crippen molar-refractivity contribution in [2.45, 2.75) is 19.9 Å². The maximum absolute atomic E-state index is 15.1. The van der Waals surface area contributed by atoms with Crippen LogP contribution in [-0.2, 0) is 4.74 Å². The van der Waals surface area contributed by atoms with Crippen molar-refractivity contribution in [1.29, 1.82) is 0 Å². The number of halogens is 1. The van der Waals surface area contributed by atoms with Gasteiger partial charge in [-0.3, -0.25) is 9.88 Å². The molecule has 0 unspecified atom stereocenters. The van der Waals surface area contributed by atoms with Crippen molar-refractivity contribution in [3.05, 3.63) is 42.1 Å². The normalized spacial score (nSPS) is 18.6. The zero-order valence-corrected chi connectivity index (χ0v) is 16.6. The molecule has 9 heteroatoms.